The van der Waals surface area contributed by atoms with Crippen LogP contribution in [0.4, 0.5) is 0 Å². The molecule has 0 aliphatic carbocycles. The highest BCUT2D eigenvalue weighted by Crippen LogP contribution is 2.38. The maximum atomic E-state index is 5.82. The Morgan fingerprint density at radius 2 is 2.32 bits per heavy atom. The lowest BCUT2D eigenvalue weighted by Gasteiger charge is -2.20. The van der Waals surface area contributed by atoms with Crippen molar-refractivity contribution in [2.45, 2.75) is 19.4 Å². The van der Waals surface area contributed by atoms with Crippen LogP contribution in [0.3, 0.4) is 0 Å². The Kier molecular flexibility index (Phi) is 3.62. The number of hydrogen-bond donors (Lipinski definition) is 1. The second-order valence-corrected chi connectivity index (χ2v) is 5.54. The van der Waals surface area contributed by atoms with Crippen molar-refractivity contribution in [2.24, 2.45) is 0 Å². The smallest absolute Gasteiger partial charge is 0.127 e. The molecule has 0 radical (unpaired) electrons. The van der Waals surface area contributed by atoms with E-state index in [-0.39, 0.29) is 6.04 Å². The van der Waals surface area contributed by atoms with Gasteiger partial charge in [0, 0.05) is 22.0 Å². The molecule has 2 heterocycles. The maximum Gasteiger partial charge on any atom is 0.127 e. The summed E-state index contributed by atoms with van der Waals surface area (Å²) < 4.78 is 12.1. The quantitative estimate of drug-likeness (QED) is 0.932. The monoisotopic (exact) mass is 321 g/mol. The summed E-state index contributed by atoms with van der Waals surface area (Å²) in [5, 5.41) is 3.50. The molecule has 2 aromatic rings. The van der Waals surface area contributed by atoms with Crippen LogP contribution in [-0.4, -0.2) is 13.2 Å². The molecule has 0 amide bonds. The zero-order valence-electron chi connectivity index (χ0n) is 10.8. The summed E-state index contributed by atoms with van der Waals surface area (Å²) in [6, 6.07) is 6.37. The van der Waals surface area contributed by atoms with Gasteiger partial charge in [-0.3, -0.25) is 0 Å². The number of fused-ring (bicyclic) bond motifs is 1. The molecule has 0 saturated heterocycles. The van der Waals surface area contributed by atoms with Crippen molar-refractivity contribution in [2.75, 3.05) is 13.2 Å². The van der Waals surface area contributed by atoms with Gasteiger partial charge in [0.15, 0.2) is 0 Å². The zero-order chi connectivity index (χ0) is 13.2. The van der Waals surface area contributed by atoms with Crippen LogP contribution in [0.5, 0.6) is 5.75 Å². The molecule has 0 saturated carbocycles. The molecule has 1 aliphatic rings. The van der Waals surface area contributed by atoms with Crippen LogP contribution in [0.15, 0.2) is 39.6 Å². The minimum atomic E-state index is 0.105. The Morgan fingerprint density at radius 3 is 3.05 bits per heavy atom. The van der Waals surface area contributed by atoms with Crippen LogP contribution in [0.2, 0.25) is 0 Å². The first-order valence-electron chi connectivity index (χ1n) is 6.50. The molecule has 100 valence electrons. The third-order valence-corrected chi connectivity index (χ3v) is 3.83. The van der Waals surface area contributed by atoms with E-state index in [0.717, 1.165) is 35.4 Å². The first-order chi connectivity index (χ1) is 9.29. The number of rotatable bonds is 4. The normalized spacial score (nSPS) is 15.1. The van der Waals surface area contributed by atoms with Gasteiger partial charge in [-0.25, -0.2) is 0 Å². The standard InChI is InChI=1S/C15H16BrNO2/c1-2-17-14(11-3-5-18-9-11)13-8-12(16)7-10-4-6-19-15(10)13/h3,5,7-9,14,17H,2,4,6H2,1H3. The summed E-state index contributed by atoms with van der Waals surface area (Å²) in [4.78, 5) is 0. The van der Waals surface area contributed by atoms with E-state index < -0.39 is 0 Å². The number of nitrogens with one attached hydrogen (secondary N) is 1. The summed E-state index contributed by atoms with van der Waals surface area (Å²) >= 11 is 3.59. The Labute approximate surface area is 121 Å². The van der Waals surface area contributed by atoms with E-state index in [1.54, 1.807) is 12.5 Å². The molecule has 1 aromatic carbocycles. The number of benzene rings is 1. The predicted octanol–water partition coefficient (Wildman–Crippen LogP) is 3.68. The lowest BCUT2D eigenvalue weighted by molar-refractivity contribution is 0.350. The van der Waals surface area contributed by atoms with E-state index >= 15 is 0 Å². The van der Waals surface area contributed by atoms with Crippen LogP contribution in [0, 0.1) is 0 Å². The summed E-state index contributed by atoms with van der Waals surface area (Å²) in [5.74, 6) is 1.02. The van der Waals surface area contributed by atoms with Crippen LogP contribution in [0.25, 0.3) is 0 Å². The van der Waals surface area contributed by atoms with Gasteiger partial charge in [-0.15, -0.1) is 0 Å². The van der Waals surface area contributed by atoms with Gasteiger partial charge in [0.2, 0.25) is 0 Å². The van der Waals surface area contributed by atoms with Crippen molar-refractivity contribution in [3.63, 3.8) is 0 Å². The zero-order valence-corrected chi connectivity index (χ0v) is 12.4. The van der Waals surface area contributed by atoms with Crippen molar-refractivity contribution >= 4 is 15.9 Å². The Bertz CT molecular complexity index is 566. The summed E-state index contributed by atoms with van der Waals surface area (Å²) in [6.45, 7) is 3.76. The van der Waals surface area contributed by atoms with E-state index in [9.17, 15) is 0 Å². The largest absolute Gasteiger partial charge is 0.493 e. The fourth-order valence-electron chi connectivity index (χ4n) is 2.56. The van der Waals surface area contributed by atoms with Crippen LogP contribution >= 0.6 is 15.9 Å². The van der Waals surface area contributed by atoms with E-state index in [4.69, 9.17) is 9.15 Å². The molecule has 3 nitrogen and oxygen atoms in total. The van der Waals surface area contributed by atoms with E-state index in [0.29, 0.717) is 0 Å². The summed E-state index contributed by atoms with van der Waals surface area (Å²) in [7, 11) is 0. The average Bonchev–Trinajstić information content (AvgIpc) is 3.05. The van der Waals surface area contributed by atoms with Gasteiger partial charge in [0.05, 0.1) is 25.2 Å². The SMILES string of the molecule is CCNC(c1ccoc1)c1cc(Br)cc2c1OCC2. The fourth-order valence-corrected chi connectivity index (χ4v) is 3.09. The summed E-state index contributed by atoms with van der Waals surface area (Å²) in [6.07, 6.45) is 4.47. The molecule has 1 unspecified atom stereocenters. The van der Waals surface area contributed by atoms with Gasteiger partial charge in [-0.05, 0) is 30.3 Å². The minimum Gasteiger partial charge on any atom is -0.493 e. The molecule has 0 fully saturated rings. The highest BCUT2D eigenvalue weighted by molar-refractivity contribution is 9.10. The van der Waals surface area contributed by atoms with Gasteiger partial charge < -0.3 is 14.5 Å². The number of ether oxygens (including phenoxy) is 1. The third-order valence-electron chi connectivity index (χ3n) is 3.37. The molecular weight excluding hydrogens is 306 g/mol. The molecule has 19 heavy (non-hydrogen) atoms. The van der Waals surface area contributed by atoms with E-state index in [1.807, 2.05) is 6.07 Å². The average molecular weight is 322 g/mol. The molecule has 1 atom stereocenters. The number of halogens is 1. The van der Waals surface area contributed by atoms with Crippen molar-refractivity contribution < 1.29 is 9.15 Å². The minimum absolute atomic E-state index is 0.105. The fraction of sp³-hybridized carbons (Fsp3) is 0.333. The molecule has 0 spiro atoms. The van der Waals surface area contributed by atoms with E-state index in [1.165, 1.54) is 11.1 Å². The maximum absolute atomic E-state index is 5.82. The van der Waals surface area contributed by atoms with Gasteiger partial charge in [-0.2, -0.15) is 0 Å². The summed E-state index contributed by atoms with van der Waals surface area (Å²) in [5.41, 5.74) is 3.57. The highest BCUT2D eigenvalue weighted by Gasteiger charge is 2.24. The van der Waals surface area contributed by atoms with Crippen molar-refractivity contribution in [3.05, 3.63) is 51.9 Å². The third kappa shape index (κ3) is 2.42. The Morgan fingerprint density at radius 1 is 1.42 bits per heavy atom. The second kappa shape index (κ2) is 5.39. The second-order valence-electron chi connectivity index (χ2n) is 4.63. The number of hydrogen-bond acceptors (Lipinski definition) is 3. The molecule has 3 rings (SSSR count). The van der Waals surface area contributed by atoms with E-state index in [2.05, 4.69) is 40.3 Å². The molecule has 1 N–H and O–H groups in total. The van der Waals surface area contributed by atoms with Gasteiger partial charge in [-0.1, -0.05) is 22.9 Å². The lowest BCUT2D eigenvalue weighted by Crippen LogP contribution is -2.22. The number of furan rings is 1. The predicted molar refractivity (Wildman–Crippen MR) is 77.6 cm³/mol. The van der Waals surface area contributed by atoms with Gasteiger partial charge in [0.25, 0.3) is 0 Å². The topological polar surface area (TPSA) is 34.4 Å². The lowest BCUT2D eigenvalue weighted by atomic mass is 9.97. The van der Waals surface area contributed by atoms with Crippen molar-refractivity contribution in [3.8, 4) is 5.75 Å². The molecule has 4 heteroatoms. The van der Waals surface area contributed by atoms with Crippen molar-refractivity contribution in [1.82, 2.24) is 5.32 Å². The molecule has 1 aromatic heterocycles. The molecule has 0 bridgehead atoms. The van der Waals surface area contributed by atoms with Gasteiger partial charge in [0.1, 0.15) is 5.75 Å². The Balaban J connectivity index is 2.08. The first kappa shape index (κ1) is 12.8. The van der Waals surface area contributed by atoms with Crippen molar-refractivity contribution in [1.29, 1.82) is 0 Å². The van der Waals surface area contributed by atoms with Gasteiger partial charge >= 0.3 is 0 Å². The van der Waals surface area contributed by atoms with Crippen LogP contribution in [0.1, 0.15) is 29.7 Å². The first-order valence-corrected chi connectivity index (χ1v) is 7.29. The Hall–Kier alpha value is -1.26. The van der Waals surface area contributed by atoms with Crippen LogP contribution < -0.4 is 10.1 Å². The molecular formula is C15H16BrNO2. The van der Waals surface area contributed by atoms with Crippen LogP contribution in [-0.2, 0) is 6.42 Å². The molecule has 1 aliphatic heterocycles. The highest BCUT2D eigenvalue weighted by atomic mass is 79.9.